The molecule has 0 aromatic carbocycles. The Labute approximate surface area is 260 Å². The van der Waals surface area contributed by atoms with Gasteiger partial charge < -0.3 is 14.9 Å². The van der Waals surface area contributed by atoms with Crippen LogP contribution >= 0.6 is 0 Å². The van der Waals surface area contributed by atoms with E-state index in [0.29, 0.717) is 0 Å². The molecule has 0 spiro atoms. The summed E-state index contributed by atoms with van der Waals surface area (Å²) >= 11 is 0. The van der Waals surface area contributed by atoms with E-state index in [4.69, 9.17) is 4.74 Å². The minimum atomic E-state index is -1.44. The lowest BCUT2D eigenvalue weighted by atomic mass is 10.0. The molecule has 0 aliphatic rings. The van der Waals surface area contributed by atoms with E-state index in [1.807, 2.05) is 0 Å². The number of hydrogen-bond donors (Lipinski definition) is 2. The topological polar surface area (TPSA) is 83.8 Å². The van der Waals surface area contributed by atoms with Gasteiger partial charge in [-0.1, -0.05) is 154 Å². The highest BCUT2D eigenvalue weighted by atomic mass is 16.6. The first-order valence-corrected chi connectivity index (χ1v) is 18.2. The van der Waals surface area contributed by atoms with Crippen LogP contribution in [0.3, 0.4) is 0 Å². The maximum absolute atomic E-state index is 12.4. The van der Waals surface area contributed by atoms with Crippen LogP contribution in [0.5, 0.6) is 0 Å². The van der Waals surface area contributed by atoms with Crippen molar-refractivity contribution >= 4 is 11.8 Å². The minimum Gasteiger partial charge on any atom is -0.457 e. The average Bonchev–Trinajstić information content (AvgIpc) is 2.99. The van der Waals surface area contributed by atoms with Crippen molar-refractivity contribution in [2.45, 2.75) is 206 Å². The molecule has 0 fully saturated rings. The van der Waals surface area contributed by atoms with Crippen LogP contribution in [-0.2, 0) is 14.3 Å². The van der Waals surface area contributed by atoms with Crippen molar-refractivity contribution in [2.75, 3.05) is 6.61 Å². The van der Waals surface area contributed by atoms with E-state index in [9.17, 15) is 19.8 Å². The first-order valence-electron chi connectivity index (χ1n) is 18.2. The molecule has 0 aliphatic heterocycles. The van der Waals surface area contributed by atoms with Crippen molar-refractivity contribution < 1.29 is 24.5 Å². The second-order valence-electron chi connectivity index (χ2n) is 12.4. The third kappa shape index (κ3) is 27.6. The van der Waals surface area contributed by atoms with Crippen molar-refractivity contribution in [1.29, 1.82) is 0 Å². The largest absolute Gasteiger partial charge is 0.457 e. The summed E-state index contributed by atoms with van der Waals surface area (Å²) in [5.74, 6) is -0.787. The zero-order chi connectivity index (χ0) is 30.9. The van der Waals surface area contributed by atoms with Crippen LogP contribution in [0.15, 0.2) is 12.2 Å². The first-order chi connectivity index (χ1) is 20.6. The van der Waals surface area contributed by atoms with E-state index in [-0.39, 0.29) is 18.6 Å². The number of ketones is 1. The fraction of sp³-hybridized carbons (Fsp3) is 0.892. The number of hydrogen-bond acceptors (Lipinski definition) is 5. The normalized spacial score (nSPS) is 13.0. The average molecular weight is 595 g/mol. The number of aliphatic hydroxyl groups excluding tert-OH is 2. The smallest absolute Gasteiger partial charge is 0.306 e. The van der Waals surface area contributed by atoms with Gasteiger partial charge >= 0.3 is 5.97 Å². The van der Waals surface area contributed by atoms with Gasteiger partial charge in [0.25, 0.3) is 0 Å². The van der Waals surface area contributed by atoms with Gasteiger partial charge in [0, 0.05) is 12.8 Å². The lowest BCUT2D eigenvalue weighted by molar-refractivity contribution is -0.161. The van der Waals surface area contributed by atoms with Crippen molar-refractivity contribution in [1.82, 2.24) is 0 Å². The monoisotopic (exact) mass is 595 g/mol. The summed E-state index contributed by atoms with van der Waals surface area (Å²) in [5.41, 5.74) is 0. The molecule has 5 nitrogen and oxygen atoms in total. The SMILES string of the molecule is CCCCCCCC/C=C\CCCCCCCC(=O)C(O)C(CO)OC(=O)CCCCCCCCCCCCCCC. The van der Waals surface area contributed by atoms with Crippen LogP contribution < -0.4 is 0 Å². The van der Waals surface area contributed by atoms with Gasteiger partial charge in [0.05, 0.1) is 6.61 Å². The molecule has 248 valence electrons. The summed E-state index contributed by atoms with van der Waals surface area (Å²) in [4.78, 5) is 24.6. The van der Waals surface area contributed by atoms with Gasteiger partial charge in [-0.25, -0.2) is 0 Å². The molecule has 5 heteroatoms. The first kappa shape index (κ1) is 40.8. The molecule has 0 radical (unpaired) electrons. The lowest BCUT2D eigenvalue weighted by Crippen LogP contribution is -2.40. The number of ether oxygens (including phenoxy) is 1. The molecule has 0 bridgehead atoms. The molecule has 0 amide bonds. The molecule has 2 unspecified atom stereocenters. The third-order valence-electron chi connectivity index (χ3n) is 8.31. The Morgan fingerprint density at radius 1 is 0.548 bits per heavy atom. The Morgan fingerprint density at radius 3 is 1.31 bits per heavy atom. The third-order valence-corrected chi connectivity index (χ3v) is 8.31. The van der Waals surface area contributed by atoms with Crippen LogP contribution in [0.2, 0.25) is 0 Å². The maximum Gasteiger partial charge on any atom is 0.306 e. The van der Waals surface area contributed by atoms with Gasteiger partial charge in [-0.05, 0) is 38.5 Å². The Morgan fingerprint density at radius 2 is 0.905 bits per heavy atom. The number of carbonyl (C=O) groups is 2. The Balaban J connectivity index is 3.71. The second kappa shape index (κ2) is 32.7. The molecule has 42 heavy (non-hydrogen) atoms. The lowest BCUT2D eigenvalue weighted by Gasteiger charge is -2.20. The summed E-state index contributed by atoms with van der Waals surface area (Å²) in [7, 11) is 0. The molecule has 0 heterocycles. The summed E-state index contributed by atoms with van der Waals surface area (Å²) in [6.07, 6.45) is 34.1. The van der Waals surface area contributed by atoms with Crippen LogP contribution in [-0.4, -0.2) is 40.8 Å². The van der Waals surface area contributed by atoms with Crippen LogP contribution in [0.1, 0.15) is 194 Å². The fourth-order valence-corrected chi connectivity index (χ4v) is 5.44. The standard InChI is InChI=1S/C37H70O5/c1-3-5-7-9-11-13-15-17-18-20-21-23-25-27-29-31-34(39)37(41)35(33-38)42-36(40)32-30-28-26-24-22-19-16-14-12-10-8-6-4-2/h17-18,35,37-38,41H,3-16,19-33H2,1-2H3/b18-17-. The van der Waals surface area contributed by atoms with E-state index in [2.05, 4.69) is 26.0 Å². The van der Waals surface area contributed by atoms with Crippen molar-refractivity contribution in [2.24, 2.45) is 0 Å². The molecular weight excluding hydrogens is 524 g/mol. The number of rotatable bonds is 33. The molecular formula is C37H70O5. The molecule has 0 saturated heterocycles. The predicted molar refractivity (Wildman–Crippen MR) is 178 cm³/mol. The summed E-state index contributed by atoms with van der Waals surface area (Å²) in [6, 6.07) is 0. The highest BCUT2D eigenvalue weighted by molar-refractivity contribution is 5.83. The fourth-order valence-electron chi connectivity index (χ4n) is 5.44. The quantitative estimate of drug-likeness (QED) is 0.0448. The Kier molecular flexibility index (Phi) is 31.8. The number of carbonyl (C=O) groups excluding carboxylic acids is 2. The van der Waals surface area contributed by atoms with Crippen molar-refractivity contribution in [3.8, 4) is 0 Å². The number of aliphatic hydroxyl groups is 2. The van der Waals surface area contributed by atoms with E-state index in [1.54, 1.807) is 0 Å². The summed E-state index contributed by atoms with van der Waals surface area (Å²) in [5, 5.41) is 19.9. The number of unbranched alkanes of at least 4 members (excludes halogenated alkanes) is 23. The Hall–Kier alpha value is -1.20. The number of Topliss-reactive ketones (excluding diaryl/α,β-unsaturated/α-hetero) is 1. The second-order valence-corrected chi connectivity index (χ2v) is 12.4. The van der Waals surface area contributed by atoms with E-state index in [0.717, 1.165) is 51.4 Å². The number of allylic oxidation sites excluding steroid dienone is 2. The van der Waals surface area contributed by atoms with Crippen molar-refractivity contribution in [3.63, 3.8) is 0 Å². The zero-order valence-corrected chi connectivity index (χ0v) is 27.9. The zero-order valence-electron chi connectivity index (χ0n) is 27.9. The number of esters is 1. The highest BCUT2D eigenvalue weighted by Crippen LogP contribution is 2.15. The molecule has 0 aliphatic carbocycles. The van der Waals surface area contributed by atoms with E-state index in [1.165, 1.54) is 116 Å². The molecule has 2 atom stereocenters. The van der Waals surface area contributed by atoms with Gasteiger partial charge in [-0.2, -0.15) is 0 Å². The van der Waals surface area contributed by atoms with Gasteiger partial charge in [0.15, 0.2) is 18.0 Å². The van der Waals surface area contributed by atoms with Gasteiger partial charge in [-0.3, -0.25) is 9.59 Å². The van der Waals surface area contributed by atoms with Gasteiger partial charge in [0.1, 0.15) is 0 Å². The van der Waals surface area contributed by atoms with Crippen LogP contribution in [0, 0.1) is 0 Å². The van der Waals surface area contributed by atoms with Crippen LogP contribution in [0.4, 0.5) is 0 Å². The van der Waals surface area contributed by atoms with Gasteiger partial charge in [-0.15, -0.1) is 0 Å². The van der Waals surface area contributed by atoms with E-state index >= 15 is 0 Å². The minimum absolute atomic E-state index is 0.256. The maximum atomic E-state index is 12.4. The molecule has 0 saturated carbocycles. The van der Waals surface area contributed by atoms with E-state index < -0.39 is 24.8 Å². The highest BCUT2D eigenvalue weighted by Gasteiger charge is 2.28. The Bertz CT molecular complexity index is 617. The van der Waals surface area contributed by atoms with Gasteiger partial charge in [0.2, 0.25) is 0 Å². The summed E-state index contributed by atoms with van der Waals surface area (Å²) in [6.45, 7) is 3.97. The van der Waals surface area contributed by atoms with Crippen molar-refractivity contribution in [3.05, 3.63) is 12.2 Å². The van der Waals surface area contributed by atoms with Crippen LogP contribution in [0.25, 0.3) is 0 Å². The predicted octanol–water partition coefficient (Wildman–Crippen LogP) is 10.3. The molecule has 0 aromatic heterocycles. The molecule has 0 aromatic rings. The molecule has 0 rings (SSSR count). The summed E-state index contributed by atoms with van der Waals surface area (Å²) < 4.78 is 5.25. The molecule has 2 N–H and O–H groups in total.